The van der Waals surface area contributed by atoms with Crippen LogP contribution in [0.15, 0.2) is 0 Å². The average molecular weight is 164 g/mol. The Hall–Kier alpha value is -1.25. The molecular formula is C10H12O2. The van der Waals surface area contributed by atoms with E-state index in [0.717, 1.165) is 0 Å². The van der Waals surface area contributed by atoms with Gasteiger partial charge in [-0.15, -0.1) is 0 Å². The number of carbonyl (C=O) groups excluding carboxylic acids is 1. The third-order valence-corrected chi connectivity index (χ3v) is 0.954. The van der Waals surface area contributed by atoms with Crippen LogP contribution in [0.4, 0.5) is 0 Å². The third kappa shape index (κ3) is 6.86. The second kappa shape index (κ2) is 4.59. The molecule has 2 nitrogen and oxygen atoms in total. The number of carbonyl (C=O) groups is 1. The van der Waals surface area contributed by atoms with Gasteiger partial charge in [0.25, 0.3) is 0 Å². The van der Waals surface area contributed by atoms with Gasteiger partial charge < -0.3 is 5.11 Å². The Balaban J connectivity index is 4.16. The van der Waals surface area contributed by atoms with Gasteiger partial charge in [-0.1, -0.05) is 12.8 Å². The van der Waals surface area contributed by atoms with Crippen molar-refractivity contribution in [2.45, 2.75) is 32.8 Å². The second-order valence-corrected chi connectivity index (χ2v) is 2.84. The smallest absolute Gasteiger partial charge is 0.206 e. The van der Waals surface area contributed by atoms with Crippen molar-refractivity contribution in [2.75, 3.05) is 0 Å². The zero-order valence-electron chi connectivity index (χ0n) is 7.56. The van der Waals surface area contributed by atoms with Crippen molar-refractivity contribution < 1.29 is 9.90 Å². The number of Topliss-reactive ketones (excluding diaryl/α,β-unsaturated/α-hetero) is 1. The summed E-state index contributed by atoms with van der Waals surface area (Å²) in [4.78, 5) is 10.6. The summed E-state index contributed by atoms with van der Waals surface area (Å²) in [6, 6.07) is 0. The molecule has 0 aliphatic carbocycles. The van der Waals surface area contributed by atoms with E-state index in [1.807, 2.05) is 0 Å². The molecule has 1 N–H and O–H groups in total. The van der Waals surface area contributed by atoms with E-state index in [1.165, 1.54) is 0 Å². The van der Waals surface area contributed by atoms with Crippen molar-refractivity contribution in [1.82, 2.24) is 0 Å². The second-order valence-electron chi connectivity index (χ2n) is 2.84. The van der Waals surface area contributed by atoms with Gasteiger partial charge in [-0.25, -0.2) is 0 Å². The highest BCUT2D eigenvalue weighted by molar-refractivity contribution is 5.95. The summed E-state index contributed by atoms with van der Waals surface area (Å²) in [5.41, 5.74) is -1.04. The Morgan fingerprint density at radius 2 is 2.00 bits per heavy atom. The van der Waals surface area contributed by atoms with E-state index in [-0.39, 0.29) is 5.78 Å². The van der Waals surface area contributed by atoms with E-state index in [4.69, 9.17) is 5.11 Å². The molecule has 0 atom stereocenters. The van der Waals surface area contributed by atoms with E-state index < -0.39 is 5.60 Å². The predicted octanol–water partition coefficient (Wildman–Crippen LogP) is 0.743. The van der Waals surface area contributed by atoms with Gasteiger partial charge in [0.05, 0.1) is 0 Å². The van der Waals surface area contributed by atoms with E-state index in [9.17, 15) is 4.79 Å². The number of hydrogen-bond donors (Lipinski definition) is 1. The van der Waals surface area contributed by atoms with Crippen LogP contribution >= 0.6 is 0 Å². The molecule has 0 radical (unpaired) electrons. The SMILES string of the molecule is CCC(=O)C#CC#CC(C)(C)O. The lowest BCUT2D eigenvalue weighted by Gasteiger charge is -2.04. The van der Waals surface area contributed by atoms with Crippen LogP contribution in [0.5, 0.6) is 0 Å². The van der Waals surface area contributed by atoms with E-state index in [1.54, 1.807) is 20.8 Å². The lowest BCUT2D eigenvalue weighted by molar-refractivity contribution is -0.113. The first-order valence-corrected chi connectivity index (χ1v) is 3.74. The molecule has 0 bridgehead atoms. The van der Waals surface area contributed by atoms with Gasteiger partial charge in [0.15, 0.2) is 0 Å². The fraction of sp³-hybridized carbons (Fsp3) is 0.500. The highest BCUT2D eigenvalue weighted by atomic mass is 16.3. The highest BCUT2D eigenvalue weighted by Gasteiger charge is 2.04. The predicted molar refractivity (Wildman–Crippen MR) is 47.1 cm³/mol. The van der Waals surface area contributed by atoms with E-state index >= 15 is 0 Å². The van der Waals surface area contributed by atoms with Crippen molar-refractivity contribution in [3.05, 3.63) is 0 Å². The molecule has 0 spiro atoms. The van der Waals surface area contributed by atoms with Crippen molar-refractivity contribution in [3.8, 4) is 23.7 Å². The Kier molecular flexibility index (Phi) is 4.11. The van der Waals surface area contributed by atoms with Crippen LogP contribution < -0.4 is 0 Å². The first-order valence-electron chi connectivity index (χ1n) is 3.74. The van der Waals surface area contributed by atoms with Gasteiger partial charge in [0.2, 0.25) is 5.78 Å². The van der Waals surface area contributed by atoms with Gasteiger partial charge in [-0.2, -0.15) is 0 Å². The van der Waals surface area contributed by atoms with E-state index in [0.29, 0.717) is 6.42 Å². The normalized spacial score (nSPS) is 9.00. The van der Waals surface area contributed by atoms with Crippen molar-refractivity contribution in [3.63, 3.8) is 0 Å². The van der Waals surface area contributed by atoms with Crippen LogP contribution in [0, 0.1) is 23.7 Å². The molecule has 0 heterocycles. The number of ketones is 1. The molecule has 0 rings (SSSR count). The minimum absolute atomic E-state index is 0.139. The number of hydrogen-bond acceptors (Lipinski definition) is 2. The van der Waals surface area contributed by atoms with Gasteiger partial charge in [-0.3, -0.25) is 4.79 Å². The Bertz CT molecular complexity index is 273. The largest absolute Gasteiger partial charge is 0.378 e. The van der Waals surface area contributed by atoms with E-state index in [2.05, 4.69) is 23.7 Å². The zero-order valence-corrected chi connectivity index (χ0v) is 7.56. The van der Waals surface area contributed by atoms with Crippen LogP contribution in [0.3, 0.4) is 0 Å². The third-order valence-electron chi connectivity index (χ3n) is 0.954. The Morgan fingerprint density at radius 1 is 1.42 bits per heavy atom. The molecule has 0 fully saturated rings. The summed E-state index contributed by atoms with van der Waals surface area (Å²) >= 11 is 0. The topological polar surface area (TPSA) is 37.3 Å². The molecular weight excluding hydrogens is 152 g/mol. The van der Waals surface area contributed by atoms with Crippen LogP contribution in [0.25, 0.3) is 0 Å². The van der Waals surface area contributed by atoms with Crippen LogP contribution in [0.1, 0.15) is 27.2 Å². The molecule has 12 heavy (non-hydrogen) atoms. The van der Waals surface area contributed by atoms with Gasteiger partial charge >= 0.3 is 0 Å². The first kappa shape index (κ1) is 10.8. The Morgan fingerprint density at radius 3 is 2.42 bits per heavy atom. The lowest BCUT2D eigenvalue weighted by atomic mass is 10.1. The fourth-order valence-corrected chi connectivity index (χ4v) is 0.374. The monoisotopic (exact) mass is 164 g/mol. The average Bonchev–Trinajstić information content (AvgIpc) is 1.96. The van der Waals surface area contributed by atoms with Gasteiger partial charge in [0.1, 0.15) is 5.60 Å². The van der Waals surface area contributed by atoms with Crippen molar-refractivity contribution in [2.24, 2.45) is 0 Å². The molecule has 0 saturated heterocycles. The van der Waals surface area contributed by atoms with Gasteiger partial charge in [0, 0.05) is 6.42 Å². The highest BCUT2D eigenvalue weighted by Crippen LogP contribution is 1.95. The number of aliphatic hydroxyl groups is 1. The first-order chi connectivity index (χ1) is 5.45. The molecule has 0 aliphatic heterocycles. The number of rotatable bonds is 1. The summed E-state index contributed by atoms with van der Waals surface area (Å²) in [6.45, 7) is 4.85. The summed E-state index contributed by atoms with van der Waals surface area (Å²) in [5.74, 6) is 9.45. The summed E-state index contributed by atoms with van der Waals surface area (Å²) in [6.07, 6.45) is 0.400. The van der Waals surface area contributed by atoms with Crippen molar-refractivity contribution >= 4 is 5.78 Å². The fourth-order valence-electron chi connectivity index (χ4n) is 0.374. The minimum atomic E-state index is -1.04. The summed E-state index contributed by atoms with van der Waals surface area (Å²) in [5, 5.41) is 9.11. The maximum Gasteiger partial charge on any atom is 0.206 e. The molecule has 0 aromatic carbocycles. The van der Waals surface area contributed by atoms with Crippen LogP contribution in [-0.2, 0) is 4.79 Å². The summed E-state index contributed by atoms with van der Waals surface area (Å²) < 4.78 is 0. The lowest BCUT2D eigenvalue weighted by Crippen LogP contribution is -2.14. The molecule has 0 saturated carbocycles. The van der Waals surface area contributed by atoms with Crippen molar-refractivity contribution in [1.29, 1.82) is 0 Å². The van der Waals surface area contributed by atoms with Crippen LogP contribution in [-0.4, -0.2) is 16.5 Å². The molecule has 0 aromatic rings. The summed E-state index contributed by atoms with van der Waals surface area (Å²) in [7, 11) is 0. The van der Waals surface area contributed by atoms with Gasteiger partial charge in [-0.05, 0) is 31.6 Å². The quantitative estimate of drug-likeness (QED) is 0.458. The van der Waals surface area contributed by atoms with Crippen LogP contribution in [0.2, 0.25) is 0 Å². The molecule has 0 aromatic heterocycles. The molecule has 0 unspecified atom stereocenters. The maximum atomic E-state index is 10.6. The maximum absolute atomic E-state index is 10.6. The standard InChI is InChI=1S/C10H12O2/c1-4-9(11)7-5-6-8-10(2,3)12/h12H,4H2,1-3H3. The minimum Gasteiger partial charge on any atom is -0.378 e. The molecule has 64 valence electrons. The molecule has 0 amide bonds. The molecule has 2 heteroatoms. The zero-order chi connectivity index (χ0) is 9.61. The Labute approximate surface area is 73.0 Å². The molecule has 0 aliphatic rings.